The number of aliphatic carboxylic acids is 1. The Labute approximate surface area is 141 Å². The van der Waals surface area contributed by atoms with Crippen LogP contribution in [-0.4, -0.2) is 23.0 Å². The summed E-state index contributed by atoms with van der Waals surface area (Å²) in [6.45, 7) is 4.13. The number of carbonyl (C=O) groups excluding carboxylic acids is 1. The molecular formula is C19H21NO4. The quantitative estimate of drug-likeness (QED) is 0.819. The van der Waals surface area contributed by atoms with Gasteiger partial charge in [-0.3, -0.25) is 4.79 Å². The maximum atomic E-state index is 12.2. The number of carbonyl (C=O) groups is 2. The number of hydrogen-bond donors (Lipinski definition) is 2. The first-order chi connectivity index (χ1) is 11.5. The second kappa shape index (κ2) is 8.15. The van der Waals surface area contributed by atoms with Gasteiger partial charge in [0, 0.05) is 5.56 Å². The highest BCUT2D eigenvalue weighted by Crippen LogP contribution is 2.16. The molecule has 1 atom stereocenters. The van der Waals surface area contributed by atoms with Gasteiger partial charge in [0.25, 0.3) is 5.91 Å². The molecule has 0 aliphatic rings. The van der Waals surface area contributed by atoms with E-state index in [2.05, 4.69) is 5.32 Å². The average molecular weight is 327 g/mol. The van der Waals surface area contributed by atoms with Crippen LogP contribution in [0.2, 0.25) is 0 Å². The van der Waals surface area contributed by atoms with E-state index in [0.29, 0.717) is 24.3 Å². The van der Waals surface area contributed by atoms with Crippen LogP contribution in [0.3, 0.4) is 0 Å². The summed E-state index contributed by atoms with van der Waals surface area (Å²) < 4.78 is 5.72. The highest BCUT2D eigenvalue weighted by Gasteiger charge is 2.18. The van der Waals surface area contributed by atoms with E-state index in [1.807, 2.05) is 31.2 Å². The molecule has 5 nitrogen and oxygen atoms in total. The van der Waals surface area contributed by atoms with Crippen LogP contribution in [0.4, 0.5) is 0 Å². The number of hydrogen-bond acceptors (Lipinski definition) is 3. The van der Waals surface area contributed by atoms with Crippen LogP contribution >= 0.6 is 0 Å². The Morgan fingerprint density at radius 3 is 2.58 bits per heavy atom. The minimum absolute atomic E-state index is 0.324. The molecule has 0 aliphatic carbocycles. The smallest absolute Gasteiger partial charge is 0.326 e. The molecule has 5 heteroatoms. The lowest BCUT2D eigenvalue weighted by Crippen LogP contribution is -2.40. The van der Waals surface area contributed by atoms with Gasteiger partial charge in [-0.05, 0) is 37.1 Å². The second-order valence-corrected chi connectivity index (χ2v) is 5.58. The molecule has 2 N–H and O–H groups in total. The van der Waals surface area contributed by atoms with Crippen molar-refractivity contribution < 1.29 is 19.4 Å². The normalized spacial score (nSPS) is 11.6. The van der Waals surface area contributed by atoms with E-state index in [0.717, 1.165) is 11.1 Å². The first-order valence-electron chi connectivity index (χ1n) is 7.81. The summed E-state index contributed by atoms with van der Waals surface area (Å²) in [7, 11) is 0. The van der Waals surface area contributed by atoms with Crippen LogP contribution in [0, 0.1) is 6.92 Å². The number of nitrogens with one attached hydrogen (secondary N) is 1. The Balaban J connectivity index is 2.03. The van der Waals surface area contributed by atoms with E-state index >= 15 is 0 Å². The van der Waals surface area contributed by atoms with Crippen molar-refractivity contribution in [1.82, 2.24) is 5.32 Å². The van der Waals surface area contributed by atoms with Crippen molar-refractivity contribution >= 4 is 11.9 Å². The monoisotopic (exact) mass is 327 g/mol. The molecule has 2 aromatic carbocycles. The predicted octanol–water partition coefficient (Wildman–Crippen LogP) is 3.17. The van der Waals surface area contributed by atoms with Gasteiger partial charge >= 0.3 is 5.97 Å². The van der Waals surface area contributed by atoms with Gasteiger partial charge in [0.1, 0.15) is 18.4 Å². The van der Waals surface area contributed by atoms with Crippen LogP contribution in [0.15, 0.2) is 48.5 Å². The van der Waals surface area contributed by atoms with Gasteiger partial charge in [-0.15, -0.1) is 0 Å². The third-order valence-electron chi connectivity index (χ3n) is 3.60. The van der Waals surface area contributed by atoms with Gasteiger partial charge in [0.15, 0.2) is 0 Å². The van der Waals surface area contributed by atoms with Gasteiger partial charge in [0.2, 0.25) is 0 Å². The first kappa shape index (κ1) is 17.5. The second-order valence-electron chi connectivity index (χ2n) is 5.58. The SMILES string of the molecule is CCC(NC(=O)c1cccc(OCc2cccc(C)c2)c1)C(=O)O. The summed E-state index contributed by atoms with van der Waals surface area (Å²) >= 11 is 0. The summed E-state index contributed by atoms with van der Waals surface area (Å²) in [6.07, 6.45) is 0.324. The molecule has 0 radical (unpaired) electrons. The Kier molecular flexibility index (Phi) is 5.95. The molecule has 24 heavy (non-hydrogen) atoms. The molecule has 126 valence electrons. The summed E-state index contributed by atoms with van der Waals surface area (Å²) in [5.41, 5.74) is 2.57. The molecule has 2 rings (SSSR count). The fourth-order valence-electron chi connectivity index (χ4n) is 2.28. The van der Waals surface area contributed by atoms with Gasteiger partial charge in [-0.25, -0.2) is 4.79 Å². The van der Waals surface area contributed by atoms with Crippen molar-refractivity contribution in [3.05, 3.63) is 65.2 Å². The molecule has 2 aromatic rings. The van der Waals surface area contributed by atoms with Crippen LogP contribution in [0.25, 0.3) is 0 Å². The maximum Gasteiger partial charge on any atom is 0.326 e. The highest BCUT2D eigenvalue weighted by atomic mass is 16.5. The first-order valence-corrected chi connectivity index (χ1v) is 7.81. The van der Waals surface area contributed by atoms with Crippen LogP contribution in [0.5, 0.6) is 5.75 Å². The third kappa shape index (κ3) is 4.84. The molecule has 0 bridgehead atoms. The lowest BCUT2D eigenvalue weighted by Gasteiger charge is -2.13. The summed E-state index contributed by atoms with van der Waals surface area (Å²) in [5, 5.41) is 11.5. The maximum absolute atomic E-state index is 12.2. The Morgan fingerprint density at radius 1 is 1.17 bits per heavy atom. The zero-order valence-electron chi connectivity index (χ0n) is 13.8. The lowest BCUT2D eigenvalue weighted by atomic mass is 10.1. The number of benzene rings is 2. The Morgan fingerprint density at radius 2 is 1.92 bits per heavy atom. The number of carboxylic acid groups (broad SMARTS) is 1. The van der Waals surface area contributed by atoms with Crippen LogP contribution < -0.4 is 10.1 Å². The summed E-state index contributed by atoms with van der Waals surface area (Å²) in [4.78, 5) is 23.2. The molecule has 1 unspecified atom stereocenters. The van der Waals surface area contributed by atoms with E-state index in [1.165, 1.54) is 0 Å². The molecule has 0 saturated heterocycles. The Bertz CT molecular complexity index is 727. The number of amides is 1. The largest absolute Gasteiger partial charge is 0.489 e. The van der Waals surface area contributed by atoms with Gasteiger partial charge in [0.05, 0.1) is 0 Å². The molecule has 0 spiro atoms. The van der Waals surface area contributed by atoms with Gasteiger partial charge in [-0.1, -0.05) is 42.8 Å². The number of rotatable bonds is 7. The minimum Gasteiger partial charge on any atom is -0.489 e. The highest BCUT2D eigenvalue weighted by molar-refractivity contribution is 5.96. The van der Waals surface area contributed by atoms with Crippen LogP contribution in [0.1, 0.15) is 34.8 Å². The number of carboxylic acids is 1. The van der Waals surface area contributed by atoms with Crippen molar-refractivity contribution in [2.45, 2.75) is 32.9 Å². The predicted molar refractivity (Wildman–Crippen MR) is 91.1 cm³/mol. The summed E-state index contributed by atoms with van der Waals surface area (Å²) in [5.74, 6) is -0.907. The zero-order valence-corrected chi connectivity index (χ0v) is 13.8. The van der Waals surface area contributed by atoms with Crippen molar-refractivity contribution in [3.63, 3.8) is 0 Å². The zero-order chi connectivity index (χ0) is 17.5. The molecule has 0 fully saturated rings. The van der Waals surface area contributed by atoms with E-state index in [1.54, 1.807) is 31.2 Å². The van der Waals surface area contributed by atoms with Gasteiger partial charge in [-0.2, -0.15) is 0 Å². The molecular weight excluding hydrogens is 306 g/mol. The van der Waals surface area contributed by atoms with E-state index in [9.17, 15) is 9.59 Å². The van der Waals surface area contributed by atoms with E-state index in [-0.39, 0.29) is 0 Å². The van der Waals surface area contributed by atoms with Crippen molar-refractivity contribution in [2.24, 2.45) is 0 Å². The fraction of sp³-hybridized carbons (Fsp3) is 0.263. The molecule has 0 aromatic heterocycles. The number of ether oxygens (including phenoxy) is 1. The van der Waals surface area contributed by atoms with E-state index in [4.69, 9.17) is 9.84 Å². The molecule has 0 saturated carbocycles. The molecule has 1 amide bonds. The molecule has 0 aliphatic heterocycles. The average Bonchev–Trinajstić information content (AvgIpc) is 2.57. The standard InChI is InChI=1S/C19H21NO4/c1-3-17(19(22)23)20-18(21)15-8-5-9-16(11-15)24-12-14-7-4-6-13(2)10-14/h4-11,17H,3,12H2,1-2H3,(H,20,21)(H,22,23). The van der Waals surface area contributed by atoms with E-state index < -0.39 is 17.9 Å². The van der Waals surface area contributed by atoms with Crippen LogP contribution in [-0.2, 0) is 11.4 Å². The number of aryl methyl sites for hydroxylation is 1. The topological polar surface area (TPSA) is 75.6 Å². The van der Waals surface area contributed by atoms with Crippen molar-refractivity contribution in [2.75, 3.05) is 0 Å². The van der Waals surface area contributed by atoms with Gasteiger partial charge < -0.3 is 15.2 Å². The third-order valence-corrected chi connectivity index (χ3v) is 3.60. The summed E-state index contributed by atoms with van der Waals surface area (Å²) in [6, 6.07) is 13.8. The minimum atomic E-state index is -1.04. The lowest BCUT2D eigenvalue weighted by molar-refractivity contribution is -0.139. The van der Waals surface area contributed by atoms with Crippen molar-refractivity contribution in [1.29, 1.82) is 0 Å². The van der Waals surface area contributed by atoms with Crippen molar-refractivity contribution in [3.8, 4) is 5.75 Å². The Hall–Kier alpha value is -2.82. The fourth-order valence-corrected chi connectivity index (χ4v) is 2.28. The molecule has 0 heterocycles.